The van der Waals surface area contributed by atoms with Crippen LogP contribution in [0.15, 0.2) is 0 Å². The van der Waals surface area contributed by atoms with E-state index in [1.807, 2.05) is 6.92 Å². The van der Waals surface area contributed by atoms with Crippen molar-refractivity contribution in [1.82, 2.24) is 4.31 Å². The molecule has 4 nitrogen and oxygen atoms in total. The molecule has 8 heteroatoms. The van der Waals surface area contributed by atoms with Gasteiger partial charge in [0.2, 0.25) is 0 Å². The second-order valence-corrected chi connectivity index (χ2v) is 8.11. The lowest BCUT2D eigenvalue weighted by atomic mass is 9.83. The number of ketones is 1. The number of alkyl halides is 3. The monoisotopic (exact) mass is 341 g/mol. The molecular weight excluding hydrogens is 319 g/mol. The van der Waals surface area contributed by atoms with Gasteiger partial charge in [-0.3, -0.25) is 4.79 Å². The third kappa shape index (κ3) is 2.79. The van der Waals surface area contributed by atoms with E-state index in [0.717, 1.165) is 6.42 Å². The molecule has 0 unspecified atom stereocenters. The molecule has 1 heterocycles. The number of unbranched alkanes of at least 4 members (excludes halogenated alkanes) is 1. The zero-order valence-electron chi connectivity index (χ0n) is 12.8. The van der Waals surface area contributed by atoms with Gasteiger partial charge in [0.25, 0.3) is 0 Å². The van der Waals surface area contributed by atoms with E-state index < -0.39 is 33.5 Å². The first kappa shape index (κ1) is 17.7. The lowest BCUT2D eigenvalue weighted by Crippen LogP contribution is -2.47. The van der Waals surface area contributed by atoms with Gasteiger partial charge in [-0.05, 0) is 32.1 Å². The zero-order chi connectivity index (χ0) is 16.7. The van der Waals surface area contributed by atoms with Gasteiger partial charge in [0.15, 0.2) is 0 Å². The molecule has 0 amide bonds. The summed E-state index contributed by atoms with van der Waals surface area (Å²) >= 11 is 0. The highest BCUT2D eigenvalue weighted by molar-refractivity contribution is 7.90. The van der Waals surface area contributed by atoms with E-state index in [1.165, 1.54) is 6.92 Å². The topological polar surface area (TPSA) is 54.5 Å². The quantitative estimate of drug-likeness (QED) is 0.772. The minimum absolute atomic E-state index is 0.0916. The van der Waals surface area contributed by atoms with Crippen molar-refractivity contribution in [2.75, 3.05) is 0 Å². The summed E-state index contributed by atoms with van der Waals surface area (Å²) in [6.45, 7) is 3.38. The molecule has 1 aliphatic carbocycles. The number of sulfonamides is 1. The molecule has 1 saturated heterocycles. The average Bonchev–Trinajstić information content (AvgIpc) is 2.93. The zero-order valence-corrected chi connectivity index (χ0v) is 13.6. The maximum absolute atomic E-state index is 12.9. The number of hydrogen-bond acceptors (Lipinski definition) is 3. The van der Waals surface area contributed by atoms with Crippen molar-refractivity contribution in [3.8, 4) is 0 Å². The smallest absolute Gasteiger partial charge is 0.299 e. The summed E-state index contributed by atoms with van der Waals surface area (Å²) < 4.78 is 63.1. The van der Waals surface area contributed by atoms with E-state index >= 15 is 0 Å². The predicted octanol–water partition coefficient (Wildman–Crippen LogP) is 3.08. The standard InChI is InChI=1S/C14H22F3NO3S/c1-3-4-8-12(19)13-9(2)18(11-7-5-6-10(11)13)22(20,21)14(15,16)17/h9-11,13H,3-8H2,1-2H3/t9-,10+,11-,13-/m1/s1. The van der Waals surface area contributed by atoms with Crippen LogP contribution in [0.3, 0.4) is 0 Å². The van der Waals surface area contributed by atoms with Crippen molar-refractivity contribution >= 4 is 15.8 Å². The summed E-state index contributed by atoms with van der Waals surface area (Å²) in [4.78, 5) is 12.4. The first-order valence-electron chi connectivity index (χ1n) is 7.75. The molecular formula is C14H22F3NO3S. The molecule has 128 valence electrons. The SMILES string of the molecule is CCCCC(=O)[C@H]1[C@H]2CCC[C@H]2N(S(=O)(=O)C(F)(F)F)[C@@H]1C. The fraction of sp³-hybridized carbons (Fsp3) is 0.929. The van der Waals surface area contributed by atoms with Gasteiger partial charge >= 0.3 is 15.5 Å². The minimum Gasteiger partial charge on any atom is -0.299 e. The average molecular weight is 341 g/mol. The molecule has 2 rings (SSSR count). The normalized spacial score (nSPS) is 33.1. The van der Waals surface area contributed by atoms with E-state index in [-0.39, 0.29) is 11.7 Å². The highest BCUT2D eigenvalue weighted by atomic mass is 32.2. The molecule has 2 aliphatic rings. The van der Waals surface area contributed by atoms with E-state index in [1.54, 1.807) is 0 Å². The second kappa shape index (κ2) is 6.11. The van der Waals surface area contributed by atoms with Gasteiger partial charge < -0.3 is 0 Å². The number of fused-ring (bicyclic) bond motifs is 1. The van der Waals surface area contributed by atoms with Gasteiger partial charge in [-0.2, -0.15) is 17.5 Å². The van der Waals surface area contributed by atoms with Crippen LogP contribution in [0.4, 0.5) is 13.2 Å². The van der Waals surface area contributed by atoms with Gasteiger partial charge in [-0.15, -0.1) is 0 Å². The van der Waals surface area contributed by atoms with E-state index in [9.17, 15) is 26.4 Å². The second-order valence-electron chi connectivity index (χ2n) is 6.28. The molecule has 0 aromatic heterocycles. The van der Waals surface area contributed by atoms with Crippen molar-refractivity contribution in [1.29, 1.82) is 0 Å². The number of carbonyl (C=O) groups excluding carboxylic acids is 1. The van der Waals surface area contributed by atoms with Gasteiger partial charge in [0, 0.05) is 24.4 Å². The van der Waals surface area contributed by atoms with Crippen molar-refractivity contribution in [2.24, 2.45) is 11.8 Å². The van der Waals surface area contributed by atoms with Crippen LogP contribution in [0.2, 0.25) is 0 Å². The van der Waals surface area contributed by atoms with Crippen LogP contribution in [0.25, 0.3) is 0 Å². The van der Waals surface area contributed by atoms with Crippen LogP contribution in [-0.2, 0) is 14.8 Å². The lowest BCUT2D eigenvalue weighted by molar-refractivity contribution is -0.124. The Morgan fingerprint density at radius 3 is 2.45 bits per heavy atom. The van der Waals surface area contributed by atoms with E-state index in [0.29, 0.717) is 36.4 Å². The Morgan fingerprint density at radius 1 is 1.27 bits per heavy atom. The Bertz CT molecular complexity index is 532. The van der Waals surface area contributed by atoms with E-state index in [4.69, 9.17) is 0 Å². The first-order chi connectivity index (χ1) is 10.1. The Kier molecular flexibility index (Phi) is 4.92. The summed E-state index contributed by atoms with van der Waals surface area (Å²) in [7, 11) is -5.39. The van der Waals surface area contributed by atoms with Crippen LogP contribution in [0.1, 0.15) is 52.4 Å². The van der Waals surface area contributed by atoms with Gasteiger partial charge in [0.1, 0.15) is 5.78 Å². The molecule has 2 fully saturated rings. The molecule has 0 radical (unpaired) electrons. The lowest BCUT2D eigenvalue weighted by Gasteiger charge is -2.28. The first-order valence-corrected chi connectivity index (χ1v) is 9.19. The Morgan fingerprint density at radius 2 is 1.91 bits per heavy atom. The van der Waals surface area contributed by atoms with Gasteiger partial charge in [-0.1, -0.05) is 19.8 Å². The summed E-state index contributed by atoms with van der Waals surface area (Å²) in [5, 5.41) is 0. The Hall–Kier alpha value is -0.630. The van der Waals surface area contributed by atoms with Crippen LogP contribution >= 0.6 is 0 Å². The molecule has 0 aromatic carbocycles. The number of hydrogen-bond donors (Lipinski definition) is 0. The number of nitrogens with zero attached hydrogens (tertiary/aromatic N) is 1. The molecule has 0 bridgehead atoms. The largest absolute Gasteiger partial charge is 0.511 e. The van der Waals surface area contributed by atoms with Crippen molar-refractivity contribution in [3.63, 3.8) is 0 Å². The molecule has 0 aromatic rings. The number of carbonyl (C=O) groups is 1. The fourth-order valence-electron chi connectivity index (χ4n) is 4.06. The molecule has 1 aliphatic heterocycles. The predicted molar refractivity (Wildman–Crippen MR) is 75.4 cm³/mol. The van der Waals surface area contributed by atoms with Crippen molar-refractivity contribution in [2.45, 2.75) is 70.0 Å². The molecule has 0 N–H and O–H groups in total. The highest BCUT2D eigenvalue weighted by Gasteiger charge is 2.61. The summed E-state index contributed by atoms with van der Waals surface area (Å²) in [6.07, 6.45) is 3.53. The fourth-order valence-corrected chi connectivity index (χ4v) is 5.49. The van der Waals surface area contributed by atoms with Crippen molar-refractivity contribution in [3.05, 3.63) is 0 Å². The van der Waals surface area contributed by atoms with Crippen LogP contribution < -0.4 is 0 Å². The third-order valence-corrected chi connectivity index (χ3v) is 6.70. The number of Topliss-reactive ketones (excluding diaryl/α,β-unsaturated/α-hetero) is 1. The molecule has 22 heavy (non-hydrogen) atoms. The number of halogens is 3. The Balaban J connectivity index is 2.32. The molecule has 1 saturated carbocycles. The Labute approximate surface area is 129 Å². The van der Waals surface area contributed by atoms with Gasteiger partial charge in [-0.25, -0.2) is 8.42 Å². The van der Waals surface area contributed by atoms with Gasteiger partial charge in [0.05, 0.1) is 0 Å². The number of rotatable bonds is 5. The van der Waals surface area contributed by atoms with Crippen molar-refractivity contribution < 1.29 is 26.4 Å². The van der Waals surface area contributed by atoms with Crippen LogP contribution in [0, 0.1) is 11.8 Å². The summed E-state index contributed by atoms with van der Waals surface area (Å²) in [6, 6.07) is -1.59. The summed E-state index contributed by atoms with van der Waals surface area (Å²) in [5.41, 5.74) is -5.31. The highest BCUT2D eigenvalue weighted by Crippen LogP contribution is 2.49. The van der Waals surface area contributed by atoms with E-state index in [2.05, 4.69) is 0 Å². The molecule has 4 atom stereocenters. The summed E-state index contributed by atoms with van der Waals surface area (Å²) in [5.74, 6) is -0.959. The molecule has 0 spiro atoms. The van der Waals surface area contributed by atoms with Crippen LogP contribution in [-0.4, -0.2) is 36.1 Å². The maximum atomic E-state index is 12.9. The maximum Gasteiger partial charge on any atom is 0.511 e. The third-order valence-electron chi connectivity index (χ3n) is 4.96. The van der Waals surface area contributed by atoms with Crippen LogP contribution in [0.5, 0.6) is 0 Å². The minimum atomic E-state index is -5.39.